The third-order valence-corrected chi connectivity index (χ3v) is 9.28. The van der Waals surface area contributed by atoms with E-state index in [1.165, 1.54) is 50.8 Å². The molecule has 5 rings (SSSR count). The molecule has 2 saturated heterocycles. The van der Waals surface area contributed by atoms with E-state index in [0.717, 1.165) is 37.7 Å². The number of hydrogen-bond donors (Lipinski definition) is 1. The van der Waals surface area contributed by atoms with Crippen LogP contribution in [-0.2, 0) is 34.4 Å². The average Bonchev–Trinajstić information content (AvgIpc) is 3.28. The molecule has 1 atom stereocenters. The number of likely N-dealkylation sites (tertiary alicyclic amines) is 1. The number of amides is 2. The van der Waals surface area contributed by atoms with E-state index in [1.54, 1.807) is 11.1 Å². The molecule has 2 aliphatic heterocycles. The Morgan fingerprint density at radius 2 is 1.82 bits per heavy atom. The molecule has 202 valence electrons. The van der Waals surface area contributed by atoms with Gasteiger partial charge in [0.2, 0.25) is 11.8 Å². The summed E-state index contributed by atoms with van der Waals surface area (Å²) >= 11 is 0. The van der Waals surface area contributed by atoms with Crippen molar-refractivity contribution in [3.05, 3.63) is 70.3 Å². The Labute approximate surface area is 226 Å². The van der Waals surface area contributed by atoms with Gasteiger partial charge in [-0.3, -0.25) is 24.6 Å². The molecule has 0 radical (unpaired) electrons. The third-order valence-electron chi connectivity index (χ3n) is 9.28. The fourth-order valence-corrected chi connectivity index (χ4v) is 6.97. The minimum atomic E-state index is -0.346. The van der Waals surface area contributed by atoms with Crippen LogP contribution in [0.2, 0.25) is 0 Å². The SMILES string of the molecule is CN(Cc1c(C=O)cccc1CCCCCN1CCC2(CCc3ccccc32)CC1)C1CCC(=O)NC1=O. The zero-order valence-corrected chi connectivity index (χ0v) is 22.7. The number of rotatable bonds is 10. The first-order valence-corrected chi connectivity index (χ1v) is 14.4. The monoisotopic (exact) mass is 515 g/mol. The van der Waals surface area contributed by atoms with Crippen molar-refractivity contribution in [1.82, 2.24) is 15.1 Å². The summed E-state index contributed by atoms with van der Waals surface area (Å²) in [6.45, 7) is 4.09. The summed E-state index contributed by atoms with van der Waals surface area (Å²) in [5.74, 6) is -0.448. The molecule has 38 heavy (non-hydrogen) atoms. The van der Waals surface area contributed by atoms with Crippen LogP contribution in [0.5, 0.6) is 0 Å². The number of nitrogens with one attached hydrogen (secondary N) is 1. The van der Waals surface area contributed by atoms with Crippen LogP contribution in [0.1, 0.15) is 84.0 Å². The highest BCUT2D eigenvalue weighted by Crippen LogP contribution is 2.46. The van der Waals surface area contributed by atoms with Gasteiger partial charge in [0.25, 0.3) is 0 Å². The van der Waals surface area contributed by atoms with Crippen LogP contribution in [0.25, 0.3) is 0 Å². The molecule has 2 heterocycles. The topological polar surface area (TPSA) is 69.7 Å². The van der Waals surface area contributed by atoms with E-state index in [9.17, 15) is 14.4 Å². The number of likely N-dealkylation sites (N-methyl/N-ethyl adjacent to an activating group) is 1. The van der Waals surface area contributed by atoms with Crippen LogP contribution < -0.4 is 5.32 Å². The lowest BCUT2D eigenvalue weighted by Gasteiger charge is -2.40. The second kappa shape index (κ2) is 11.9. The Balaban J connectivity index is 1.09. The van der Waals surface area contributed by atoms with Gasteiger partial charge in [-0.15, -0.1) is 0 Å². The van der Waals surface area contributed by atoms with E-state index in [-0.39, 0.29) is 17.9 Å². The molecule has 1 aliphatic carbocycles. The van der Waals surface area contributed by atoms with Crippen molar-refractivity contribution >= 4 is 18.1 Å². The molecule has 2 amide bonds. The summed E-state index contributed by atoms with van der Waals surface area (Å²) < 4.78 is 0. The van der Waals surface area contributed by atoms with E-state index in [4.69, 9.17) is 0 Å². The van der Waals surface area contributed by atoms with Gasteiger partial charge in [-0.05, 0) is 106 Å². The van der Waals surface area contributed by atoms with Gasteiger partial charge in [0.1, 0.15) is 6.29 Å². The number of fused-ring (bicyclic) bond motifs is 2. The van der Waals surface area contributed by atoms with Gasteiger partial charge in [-0.2, -0.15) is 0 Å². The largest absolute Gasteiger partial charge is 0.303 e. The predicted octanol–water partition coefficient (Wildman–Crippen LogP) is 4.43. The number of hydrogen-bond acceptors (Lipinski definition) is 5. The van der Waals surface area contributed by atoms with Crippen molar-refractivity contribution in [2.75, 3.05) is 26.7 Å². The van der Waals surface area contributed by atoms with Crippen LogP contribution in [0, 0.1) is 0 Å². The van der Waals surface area contributed by atoms with Crippen LogP contribution in [0.15, 0.2) is 42.5 Å². The molecular formula is C32H41N3O3. The number of imide groups is 1. The van der Waals surface area contributed by atoms with Crippen LogP contribution in [-0.4, -0.2) is 60.6 Å². The van der Waals surface area contributed by atoms with E-state index >= 15 is 0 Å². The molecule has 2 aromatic carbocycles. The highest BCUT2D eigenvalue weighted by molar-refractivity contribution is 6.00. The quantitative estimate of drug-likeness (QED) is 0.288. The number of nitrogens with zero attached hydrogens (tertiary/aromatic N) is 2. The lowest BCUT2D eigenvalue weighted by molar-refractivity contribution is -0.137. The number of benzene rings is 2. The third kappa shape index (κ3) is 5.76. The summed E-state index contributed by atoms with van der Waals surface area (Å²) in [6, 6.07) is 14.7. The van der Waals surface area contributed by atoms with Gasteiger partial charge in [0, 0.05) is 18.5 Å². The summed E-state index contributed by atoms with van der Waals surface area (Å²) in [5.41, 5.74) is 6.51. The van der Waals surface area contributed by atoms with Crippen molar-refractivity contribution in [1.29, 1.82) is 0 Å². The Bertz CT molecular complexity index is 1170. The summed E-state index contributed by atoms with van der Waals surface area (Å²) in [4.78, 5) is 40.3. The molecule has 0 aromatic heterocycles. The highest BCUT2D eigenvalue weighted by atomic mass is 16.2. The summed E-state index contributed by atoms with van der Waals surface area (Å²) in [6.07, 6.45) is 11.3. The van der Waals surface area contributed by atoms with Crippen molar-refractivity contribution in [2.24, 2.45) is 0 Å². The number of carbonyl (C=O) groups is 3. The van der Waals surface area contributed by atoms with E-state index < -0.39 is 0 Å². The molecule has 1 N–H and O–H groups in total. The van der Waals surface area contributed by atoms with Crippen LogP contribution in [0.4, 0.5) is 0 Å². The Hall–Kier alpha value is -2.83. The molecule has 2 aromatic rings. The molecule has 6 nitrogen and oxygen atoms in total. The van der Waals surface area contributed by atoms with Gasteiger partial charge >= 0.3 is 0 Å². The second-order valence-corrected chi connectivity index (χ2v) is 11.6. The van der Waals surface area contributed by atoms with Gasteiger partial charge in [0.05, 0.1) is 6.04 Å². The number of aldehydes is 1. The first-order valence-electron chi connectivity index (χ1n) is 14.4. The molecule has 3 aliphatic rings. The Morgan fingerprint density at radius 1 is 1.00 bits per heavy atom. The van der Waals surface area contributed by atoms with Crippen molar-refractivity contribution in [2.45, 2.75) is 82.2 Å². The standard InChI is InChI=1S/C32H41N3O3/c1-34(29-13-14-30(37)33-31(29)38)22-27-24(10-7-11-26(27)23-36)8-3-2-6-19-35-20-17-32(18-21-35)16-15-25-9-4-5-12-28(25)32/h4-5,7,9-12,23,29H,2-3,6,8,13-22H2,1H3,(H,33,37,38). The second-order valence-electron chi connectivity index (χ2n) is 11.6. The smallest absolute Gasteiger partial charge is 0.243 e. The first-order chi connectivity index (χ1) is 18.5. The first kappa shape index (κ1) is 26.8. The highest BCUT2D eigenvalue weighted by Gasteiger charge is 2.40. The van der Waals surface area contributed by atoms with Crippen LogP contribution >= 0.6 is 0 Å². The van der Waals surface area contributed by atoms with E-state index in [2.05, 4.69) is 40.5 Å². The maximum atomic E-state index is 12.3. The van der Waals surface area contributed by atoms with Gasteiger partial charge < -0.3 is 4.90 Å². The predicted molar refractivity (Wildman–Crippen MR) is 149 cm³/mol. The minimum absolute atomic E-state index is 0.207. The zero-order chi connectivity index (χ0) is 26.5. The molecular weight excluding hydrogens is 474 g/mol. The fourth-order valence-electron chi connectivity index (χ4n) is 6.97. The molecule has 1 spiro atoms. The molecule has 6 heteroatoms. The maximum Gasteiger partial charge on any atom is 0.243 e. The molecule has 0 bridgehead atoms. The van der Waals surface area contributed by atoms with Crippen molar-refractivity contribution in [3.63, 3.8) is 0 Å². The lowest BCUT2D eigenvalue weighted by atomic mass is 9.74. The van der Waals surface area contributed by atoms with Crippen molar-refractivity contribution < 1.29 is 14.4 Å². The summed E-state index contributed by atoms with van der Waals surface area (Å²) in [5, 5.41) is 2.44. The number of aryl methyl sites for hydroxylation is 2. The van der Waals surface area contributed by atoms with E-state index in [0.29, 0.717) is 30.4 Å². The average molecular weight is 516 g/mol. The molecule has 1 unspecified atom stereocenters. The number of carbonyl (C=O) groups excluding carboxylic acids is 3. The van der Waals surface area contributed by atoms with Gasteiger partial charge in [-0.25, -0.2) is 0 Å². The zero-order valence-electron chi connectivity index (χ0n) is 22.7. The Kier molecular flexibility index (Phi) is 8.39. The summed E-state index contributed by atoms with van der Waals surface area (Å²) in [7, 11) is 1.90. The van der Waals surface area contributed by atoms with Crippen LogP contribution in [0.3, 0.4) is 0 Å². The normalized spacial score (nSPS) is 21.1. The molecule has 0 saturated carbocycles. The lowest BCUT2D eigenvalue weighted by Crippen LogP contribution is -2.51. The van der Waals surface area contributed by atoms with E-state index in [1.807, 2.05) is 24.1 Å². The van der Waals surface area contributed by atoms with Crippen molar-refractivity contribution in [3.8, 4) is 0 Å². The number of piperidine rings is 2. The van der Waals surface area contributed by atoms with Gasteiger partial charge in [-0.1, -0.05) is 48.9 Å². The van der Waals surface area contributed by atoms with Gasteiger partial charge in [0.15, 0.2) is 0 Å². The molecule has 2 fully saturated rings. The Morgan fingerprint density at radius 3 is 2.61 bits per heavy atom. The minimum Gasteiger partial charge on any atom is -0.303 e. The maximum absolute atomic E-state index is 12.3. The number of unbranched alkanes of at least 4 members (excludes halogenated alkanes) is 2. The fraction of sp³-hybridized carbons (Fsp3) is 0.531.